The molecule has 2 aromatic heterocycles. The fourth-order valence-electron chi connectivity index (χ4n) is 1.76. The Hall–Kier alpha value is -2.53. The van der Waals surface area contributed by atoms with Gasteiger partial charge in [0.25, 0.3) is 0 Å². The van der Waals surface area contributed by atoms with Crippen molar-refractivity contribution in [1.29, 1.82) is 0 Å². The van der Waals surface area contributed by atoms with Gasteiger partial charge in [-0.15, -0.1) is 11.3 Å². The van der Waals surface area contributed by atoms with Crippen LogP contribution in [0.2, 0.25) is 0 Å². The number of benzene rings is 1. The van der Waals surface area contributed by atoms with Crippen molar-refractivity contribution in [2.75, 3.05) is 5.32 Å². The Bertz CT molecular complexity index is 707. The van der Waals surface area contributed by atoms with Crippen LogP contribution in [0, 0.1) is 0 Å². The summed E-state index contributed by atoms with van der Waals surface area (Å²) in [5.41, 5.74) is 3.45. The van der Waals surface area contributed by atoms with Gasteiger partial charge in [0.15, 0.2) is 5.13 Å². The van der Waals surface area contributed by atoms with E-state index in [-0.39, 0.29) is 0 Å². The lowest BCUT2D eigenvalue weighted by Gasteiger charge is -2.00. The topological polar surface area (TPSA) is 54.9 Å². The first-order valence-electron chi connectivity index (χ1n) is 6.03. The lowest BCUT2D eigenvalue weighted by molar-refractivity contribution is 0.112. The molecule has 0 unspecified atom stereocenters. The lowest BCUT2D eigenvalue weighted by atomic mass is 10.1. The number of hydrogen-bond acceptors (Lipinski definition) is 5. The van der Waals surface area contributed by atoms with Gasteiger partial charge in [-0.3, -0.25) is 9.78 Å². The molecule has 0 saturated heterocycles. The molecule has 5 heteroatoms. The van der Waals surface area contributed by atoms with Gasteiger partial charge < -0.3 is 5.32 Å². The van der Waals surface area contributed by atoms with Crippen LogP contribution >= 0.6 is 11.3 Å². The zero-order valence-corrected chi connectivity index (χ0v) is 11.3. The Morgan fingerprint density at radius 1 is 1.15 bits per heavy atom. The van der Waals surface area contributed by atoms with E-state index in [1.165, 1.54) is 11.3 Å². The molecule has 0 spiro atoms. The molecule has 3 aromatic rings. The lowest BCUT2D eigenvalue weighted by Crippen LogP contribution is -1.89. The summed E-state index contributed by atoms with van der Waals surface area (Å²) in [4.78, 5) is 19.2. The molecule has 0 atom stereocenters. The number of aldehydes is 1. The first-order valence-corrected chi connectivity index (χ1v) is 6.91. The van der Waals surface area contributed by atoms with Gasteiger partial charge >= 0.3 is 0 Å². The second-order valence-electron chi connectivity index (χ2n) is 4.14. The molecule has 0 fully saturated rings. The number of carbonyl (C=O) groups is 1. The quantitative estimate of drug-likeness (QED) is 0.740. The fourth-order valence-corrected chi connectivity index (χ4v) is 2.50. The van der Waals surface area contributed by atoms with E-state index >= 15 is 0 Å². The Kier molecular flexibility index (Phi) is 3.52. The number of thiazole rings is 1. The number of anilines is 2. The smallest absolute Gasteiger partial charge is 0.187 e. The van der Waals surface area contributed by atoms with Crippen LogP contribution in [0.5, 0.6) is 0 Å². The highest BCUT2D eigenvalue weighted by atomic mass is 32.1. The van der Waals surface area contributed by atoms with Crippen molar-refractivity contribution < 1.29 is 4.79 Å². The number of nitrogens with zero attached hydrogens (tertiary/aromatic N) is 2. The molecule has 0 bridgehead atoms. The molecule has 1 N–H and O–H groups in total. The maximum absolute atomic E-state index is 10.6. The van der Waals surface area contributed by atoms with E-state index in [0.29, 0.717) is 5.56 Å². The van der Waals surface area contributed by atoms with Crippen molar-refractivity contribution in [2.24, 2.45) is 0 Å². The van der Waals surface area contributed by atoms with Crippen LogP contribution in [-0.4, -0.2) is 16.3 Å². The largest absolute Gasteiger partial charge is 0.330 e. The second-order valence-corrected chi connectivity index (χ2v) is 5.00. The van der Waals surface area contributed by atoms with Gasteiger partial charge in [-0.25, -0.2) is 4.98 Å². The summed E-state index contributed by atoms with van der Waals surface area (Å²) < 4.78 is 0. The van der Waals surface area contributed by atoms with Crippen LogP contribution in [0.25, 0.3) is 11.3 Å². The van der Waals surface area contributed by atoms with E-state index < -0.39 is 0 Å². The minimum Gasteiger partial charge on any atom is -0.330 e. The van der Waals surface area contributed by atoms with E-state index in [9.17, 15) is 4.79 Å². The average molecular weight is 281 g/mol. The second kappa shape index (κ2) is 5.63. The van der Waals surface area contributed by atoms with Crippen molar-refractivity contribution in [3.63, 3.8) is 0 Å². The van der Waals surface area contributed by atoms with Gasteiger partial charge in [0.1, 0.15) is 6.29 Å². The number of pyridine rings is 1. The number of aromatic nitrogens is 2. The predicted molar refractivity (Wildman–Crippen MR) is 80.5 cm³/mol. The number of hydrogen-bond donors (Lipinski definition) is 1. The third-order valence-electron chi connectivity index (χ3n) is 2.76. The van der Waals surface area contributed by atoms with E-state index in [1.54, 1.807) is 24.5 Å². The third-order valence-corrected chi connectivity index (χ3v) is 3.52. The molecule has 2 heterocycles. The van der Waals surface area contributed by atoms with Crippen molar-refractivity contribution >= 4 is 28.4 Å². The first kappa shape index (κ1) is 12.5. The van der Waals surface area contributed by atoms with Crippen molar-refractivity contribution in [2.45, 2.75) is 0 Å². The van der Waals surface area contributed by atoms with Crippen LogP contribution in [0.3, 0.4) is 0 Å². The molecule has 0 saturated carbocycles. The van der Waals surface area contributed by atoms with Crippen LogP contribution < -0.4 is 5.32 Å². The Labute approximate surface area is 120 Å². The monoisotopic (exact) mass is 281 g/mol. The number of rotatable bonds is 4. The van der Waals surface area contributed by atoms with E-state index in [4.69, 9.17) is 0 Å². The molecule has 3 rings (SSSR count). The normalized spacial score (nSPS) is 10.2. The molecule has 1 aromatic carbocycles. The highest BCUT2D eigenvalue weighted by molar-refractivity contribution is 7.14. The zero-order chi connectivity index (χ0) is 13.8. The summed E-state index contributed by atoms with van der Waals surface area (Å²) in [6, 6.07) is 11.2. The van der Waals surface area contributed by atoms with Crippen LogP contribution in [0.4, 0.5) is 10.8 Å². The third kappa shape index (κ3) is 2.73. The highest BCUT2D eigenvalue weighted by Crippen LogP contribution is 2.26. The number of nitrogens with one attached hydrogen (secondary N) is 1. The van der Waals surface area contributed by atoms with Crippen molar-refractivity contribution in [3.05, 3.63) is 59.7 Å². The zero-order valence-electron chi connectivity index (χ0n) is 10.5. The molecule has 0 amide bonds. The highest BCUT2D eigenvalue weighted by Gasteiger charge is 2.05. The standard InChI is InChI=1S/C15H11N3OS/c19-9-11-3-5-12(6-4-11)14-10-20-15(18-14)17-13-2-1-7-16-8-13/h1-10H,(H,17,18). The molecule has 0 radical (unpaired) electrons. The van der Waals surface area contributed by atoms with Gasteiger partial charge in [-0.2, -0.15) is 0 Å². The molecule has 4 nitrogen and oxygen atoms in total. The van der Waals surface area contributed by atoms with Gasteiger partial charge in [0, 0.05) is 22.7 Å². The summed E-state index contributed by atoms with van der Waals surface area (Å²) in [6.45, 7) is 0. The summed E-state index contributed by atoms with van der Waals surface area (Å²) in [5, 5.41) is 6.00. The average Bonchev–Trinajstić information content (AvgIpc) is 2.97. The SMILES string of the molecule is O=Cc1ccc(-c2csc(Nc3cccnc3)n2)cc1. The van der Waals surface area contributed by atoms with E-state index in [0.717, 1.165) is 28.4 Å². The maximum atomic E-state index is 10.6. The fraction of sp³-hybridized carbons (Fsp3) is 0. The van der Waals surface area contributed by atoms with Crippen LogP contribution in [0.1, 0.15) is 10.4 Å². The molecule has 98 valence electrons. The summed E-state index contributed by atoms with van der Waals surface area (Å²) in [6.07, 6.45) is 4.31. The van der Waals surface area contributed by atoms with E-state index in [1.807, 2.05) is 29.6 Å². The summed E-state index contributed by atoms with van der Waals surface area (Å²) in [7, 11) is 0. The molecular formula is C15H11N3OS. The van der Waals surface area contributed by atoms with E-state index in [2.05, 4.69) is 15.3 Å². The molecule has 20 heavy (non-hydrogen) atoms. The minimum atomic E-state index is 0.665. The number of carbonyl (C=O) groups excluding carboxylic acids is 1. The van der Waals surface area contributed by atoms with Gasteiger partial charge in [0.05, 0.1) is 17.6 Å². The van der Waals surface area contributed by atoms with Gasteiger partial charge in [-0.1, -0.05) is 24.3 Å². The maximum Gasteiger partial charge on any atom is 0.187 e. The summed E-state index contributed by atoms with van der Waals surface area (Å²) >= 11 is 1.53. The minimum absolute atomic E-state index is 0.665. The van der Waals surface area contributed by atoms with Crippen molar-refractivity contribution in [3.8, 4) is 11.3 Å². The van der Waals surface area contributed by atoms with Gasteiger partial charge in [0.2, 0.25) is 0 Å². The Morgan fingerprint density at radius 3 is 2.70 bits per heavy atom. The Morgan fingerprint density at radius 2 is 2.00 bits per heavy atom. The Balaban J connectivity index is 1.80. The van der Waals surface area contributed by atoms with Crippen molar-refractivity contribution in [1.82, 2.24) is 9.97 Å². The molecule has 0 aliphatic carbocycles. The van der Waals surface area contributed by atoms with Crippen LogP contribution in [-0.2, 0) is 0 Å². The van der Waals surface area contributed by atoms with Gasteiger partial charge in [-0.05, 0) is 12.1 Å². The van der Waals surface area contributed by atoms with Crippen LogP contribution in [0.15, 0.2) is 54.2 Å². The summed E-state index contributed by atoms with van der Waals surface area (Å²) in [5.74, 6) is 0. The molecule has 0 aliphatic rings. The first-order chi connectivity index (χ1) is 9.85. The molecular weight excluding hydrogens is 270 g/mol. The predicted octanol–water partition coefficient (Wildman–Crippen LogP) is 3.76. The molecule has 0 aliphatic heterocycles.